The Labute approximate surface area is 91.6 Å². The molecule has 0 aromatic heterocycles. The van der Waals surface area contributed by atoms with Crippen LogP contribution in [0.15, 0.2) is 18.2 Å². The van der Waals surface area contributed by atoms with Crippen LogP contribution in [0.2, 0.25) is 0 Å². The lowest BCUT2D eigenvalue weighted by Gasteiger charge is -1.98. The Bertz CT molecular complexity index is 598. The molecule has 4 heteroatoms. The number of nitrogens with zero attached hydrogens (tertiary/aromatic N) is 1. The third-order valence-electron chi connectivity index (χ3n) is 2.37. The summed E-state index contributed by atoms with van der Waals surface area (Å²) in [7, 11) is 3.79. The van der Waals surface area contributed by atoms with E-state index >= 15 is 0 Å². The summed E-state index contributed by atoms with van der Waals surface area (Å²) in [6.07, 6.45) is 0. The van der Waals surface area contributed by atoms with Crippen molar-refractivity contribution in [2.24, 2.45) is 0 Å². The van der Waals surface area contributed by atoms with Crippen LogP contribution < -0.4 is 15.2 Å². The van der Waals surface area contributed by atoms with E-state index in [2.05, 4.69) is 16.8 Å². The van der Waals surface area contributed by atoms with Gasteiger partial charge in [-0.25, -0.2) is 0 Å². The summed E-state index contributed by atoms with van der Waals surface area (Å²) < 4.78 is 3.37. The first-order chi connectivity index (χ1) is 7.08. The van der Waals surface area contributed by atoms with E-state index in [0.717, 1.165) is 11.0 Å². The molecule has 0 bridgehead atoms. The first-order valence-electron chi connectivity index (χ1n) is 4.74. The molecule has 78 valence electrons. The van der Waals surface area contributed by atoms with E-state index in [0.29, 0.717) is 0 Å². The SMILES string of the molecule is CC(=O)Nc1ccc2c(c1)=[N+](C)C(C)=S=2. The Kier molecular flexibility index (Phi) is 2.44. The van der Waals surface area contributed by atoms with Crippen LogP contribution >= 0.6 is 10.9 Å². The topological polar surface area (TPSA) is 32.1 Å². The predicted molar refractivity (Wildman–Crippen MR) is 64.6 cm³/mol. The van der Waals surface area contributed by atoms with Gasteiger partial charge in [-0.3, -0.25) is 4.79 Å². The Balaban J connectivity index is 2.58. The van der Waals surface area contributed by atoms with Crippen molar-refractivity contribution in [2.45, 2.75) is 13.8 Å². The van der Waals surface area contributed by atoms with Crippen LogP contribution in [0.25, 0.3) is 0 Å². The zero-order valence-electron chi connectivity index (χ0n) is 9.00. The maximum absolute atomic E-state index is 10.9. The molecule has 0 saturated carbocycles. The van der Waals surface area contributed by atoms with Gasteiger partial charge in [0, 0.05) is 25.6 Å². The molecule has 1 N–H and O–H groups in total. The second kappa shape index (κ2) is 3.62. The van der Waals surface area contributed by atoms with Crippen molar-refractivity contribution in [3.63, 3.8) is 0 Å². The highest BCUT2D eigenvalue weighted by atomic mass is 32.1. The van der Waals surface area contributed by atoms with E-state index in [9.17, 15) is 4.79 Å². The minimum absolute atomic E-state index is 0.0380. The molecular weight excluding hydrogens is 208 g/mol. The van der Waals surface area contributed by atoms with E-state index in [4.69, 9.17) is 0 Å². The molecular formula is C11H13N2OS+. The van der Waals surface area contributed by atoms with E-state index in [1.165, 1.54) is 16.4 Å². The lowest BCUT2D eigenvalue weighted by Crippen LogP contribution is -2.27. The molecule has 0 radical (unpaired) electrons. The van der Waals surface area contributed by atoms with Gasteiger partial charge in [0.05, 0.1) is 0 Å². The third kappa shape index (κ3) is 1.85. The van der Waals surface area contributed by atoms with Crippen LogP contribution in [0.4, 0.5) is 5.69 Å². The van der Waals surface area contributed by atoms with Gasteiger partial charge in [0.2, 0.25) is 16.3 Å². The van der Waals surface area contributed by atoms with Gasteiger partial charge in [0.1, 0.15) is 11.6 Å². The van der Waals surface area contributed by atoms with Gasteiger partial charge in [-0.15, -0.1) is 0 Å². The van der Waals surface area contributed by atoms with Crippen molar-refractivity contribution < 1.29 is 4.79 Å². The van der Waals surface area contributed by atoms with Crippen molar-refractivity contribution in [1.82, 2.24) is 4.58 Å². The van der Waals surface area contributed by atoms with Gasteiger partial charge in [-0.2, -0.15) is 4.58 Å². The van der Waals surface area contributed by atoms with Crippen molar-refractivity contribution in [2.75, 3.05) is 12.4 Å². The summed E-state index contributed by atoms with van der Waals surface area (Å²) in [6.45, 7) is 3.60. The highest BCUT2D eigenvalue weighted by Crippen LogP contribution is 2.05. The molecule has 3 nitrogen and oxygen atoms in total. The molecule has 1 aliphatic rings. The van der Waals surface area contributed by atoms with Crippen molar-refractivity contribution in [1.29, 1.82) is 0 Å². The molecule has 0 aliphatic carbocycles. The molecule has 1 amide bonds. The molecule has 0 fully saturated rings. The number of fused-ring (bicyclic) bond motifs is 1. The first kappa shape index (κ1) is 10.1. The number of hydrogen-bond donors (Lipinski definition) is 1. The van der Waals surface area contributed by atoms with Crippen LogP contribution in [-0.4, -0.2) is 17.9 Å². The van der Waals surface area contributed by atoms with E-state index in [1.807, 2.05) is 25.2 Å². The van der Waals surface area contributed by atoms with Crippen LogP contribution in [0.1, 0.15) is 13.8 Å². The monoisotopic (exact) mass is 221 g/mol. The number of carbonyl (C=O) groups excluding carboxylic acids is 1. The molecule has 0 spiro atoms. The maximum Gasteiger partial charge on any atom is 0.234 e. The Morgan fingerprint density at radius 1 is 1.47 bits per heavy atom. The zero-order chi connectivity index (χ0) is 11.0. The lowest BCUT2D eigenvalue weighted by molar-refractivity contribution is -0.114. The summed E-state index contributed by atoms with van der Waals surface area (Å²) in [5.41, 5.74) is 0.850. The van der Waals surface area contributed by atoms with Gasteiger partial charge < -0.3 is 5.32 Å². The average molecular weight is 221 g/mol. The van der Waals surface area contributed by atoms with Crippen LogP contribution in [0.5, 0.6) is 0 Å². The van der Waals surface area contributed by atoms with E-state index in [-0.39, 0.29) is 5.91 Å². The van der Waals surface area contributed by atoms with E-state index in [1.54, 1.807) is 10.9 Å². The number of nitrogens with one attached hydrogen (secondary N) is 1. The Morgan fingerprint density at radius 3 is 2.87 bits per heavy atom. The zero-order valence-corrected chi connectivity index (χ0v) is 9.81. The molecule has 0 unspecified atom stereocenters. The number of benzene rings is 1. The standard InChI is InChI=1S/C11H12N2OS/c1-7(14)12-9-4-5-11-10(6-9)13(3)8(2)15-11/h4-6H,1-3H3/p+1. The normalized spacial score (nSPS) is 13.5. The predicted octanol–water partition coefficient (Wildman–Crippen LogP) is 0.913. The minimum atomic E-state index is -0.0380. The summed E-state index contributed by atoms with van der Waals surface area (Å²) in [4.78, 5) is 12.2. The summed E-state index contributed by atoms with van der Waals surface area (Å²) in [5.74, 6) is -0.0380. The van der Waals surface area contributed by atoms with Gasteiger partial charge >= 0.3 is 0 Å². The fourth-order valence-corrected chi connectivity index (χ4v) is 2.53. The fraction of sp³-hybridized carbons (Fsp3) is 0.273. The van der Waals surface area contributed by atoms with Crippen molar-refractivity contribution >= 4 is 27.5 Å². The first-order valence-corrected chi connectivity index (χ1v) is 5.56. The van der Waals surface area contributed by atoms with Gasteiger partial charge in [-0.05, 0) is 12.1 Å². The van der Waals surface area contributed by atoms with Crippen LogP contribution in [0, 0.1) is 4.51 Å². The maximum atomic E-state index is 10.9. The second-order valence-electron chi connectivity index (χ2n) is 3.54. The Morgan fingerprint density at radius 2 is 2.20 bits per heavy atom. The Hall–Kier alpha value is -1.42. The number of hydrogen-bond acceptors (Lipinski definition) is 1. The van der Waals surface area contributed by atoms with Gasteiger partial charge in [0.15, 0.2) is 0 Å². The summed E-state index contributed by atoms with van der Waals surface area (Å²) in [5, 5.41) is 3.94. The van der Waals surface area contributed by atoms with Crippen LogP contribution in [-0.2, 0) is 4.79 Å². The molecule has 0 saturated heterocycles. The molecule has 2 rings (SSSR count). The molecule has 1 aliphatic heterocycles. The lowest BCUT2D eigenvalue weighted by atomic mass is 10.3. The quantitative estimate of drug-likeness (QED) is 0.555. The fourth-order valence-electron chi connectivity index (χ4n) is 1.54. The van der Waals surface area contributed by atoms with Gasteiger partial charge in [-0.1, -0.05) is 10.9 Å². The second-order valence-corrected chi connectivity index (χ2v) is 4.78. The highest BCUT2D eigenvalue weighted by Gasteiger charge is 2.10. The largest absolute Gasteiger partial charge is 0.326 e. The smallest absolute Gasteiger partial charge is 0.234 e. The number of carbonyl (C=O) groups is 1. The number of rotatable bonds is 1. The van der Waals surface area contributed by atoms with Crippen molar-refractivity contribution in [3.05, 3.63) is 28.1 Å². The molecule has 15 heavy (non-hydrogen) atoms. The van der Waals surface area contributed by atoms with Crippen LogP contribution in [0.3, 0.4) is 0 Å². The molecule has 0 atom stereocenters. The van der Waals surface area contributed by atoms with Gasteiger partial charge in [0.25, 0.3) is 0 Å². The van der Waals surface area contributed by atoms with Crippen molar-refractivity contribution in [3.8, 4) is 0 Å². The summed E-state index contributed by atoms with van der Waals surface area (Å²) >= 11 is 0. The number of anilines is 1. The molecule has 1 aromatic rings. The average Bonchev–Trinajstić information content (AvgIpc) is 2.43. The highest BCUT2D eigenvalue weighted by molar-refractivity contribution is 7.91. The number of amides is 1. The third-order valence-corrected chi connectivity index (χ3v) is 3.51. The molecule has 1 heterocycles. The molecule has 1 aromatic carbocycles. The minimum Gasteiger partial charge on any atom is -0.326 e. The summed E-state index contributed by atoms with van der Waals surface area (Å²) in [6, 6.07) is 5.97. The van der Waals surface area contributed by atoms with E-state index < -0.39 is 0 Å².